The summed E-state index contributed by atoms with van der Waals surface area (Å²) >= 11 is 0. The third-order valence-electron chi connectivity index (χ3n) is 6.17. The highest BCUT2D eigenvalue weighted by Gasteiger charge is 2.36. The molecule has 0 N–H and O–H groups in total. The van der Waals surface area contributed by atoms with Crippen LogP contribution >= 0.6 is 0 Å². The van der Waals surface area contributed by atoms with E-state index in [0.29, 0.717) is 35.6 Å². The number of pyridine rings is 1. The SMILES string of the molecule is COC(=O)c1cn(-c2ccc(OC)cc2)c(=O)c(C)c1CCCO[Si](C)(C)C(C)(C)C. The van der Waals surface area contributed by atoms with Gasteiger partial charge in [0.1, 0.15) is 5.75 Å². The van der Waals surface area contributed by atoms with E-state index in [1.807, 2.05) is 0 Å². The van der Waals surface area contributed by atoms with E-state index in [2.05, 4.69) is 33.9 Å². The van der Waals surface area contributed by atoms with Crippen LogP contribution in [0.3, 0.4) is 0 Å². The molecule has 0 spiro atoms. The van der Waals surface area contributed by atoms with Crippen LogP contribution in [0.1, 0.15) is 48.7 Å². The molecule has 0 aliphatic carbocycles. The van der Waals surface area contributed by atoms with Gasteiger partial charge >= 0.3 is 5.97 Å². The van der Waals surface area contributed by atoms with Crippen molar-refractivity contribution in [2.24, 2.45) is 0 Å². The zero-order chi connectivity index (χ0) is 23.4. The molecule has 0 fully saturated rings. The van der Waals surface area contributed by atoms with Gasteiger partial charge < -0.3 is 13.9 Å². The summed E-state index contributed by atoms with van der Waals surface area (Å²) in [6.07, 6.45) is 2.87. The molecule has 1 aromatic carbocycles. The van der Waals surface area contributed by atoms with Gasteiger partial charge in [-0.05, 0) is 67.7 Å². The second-order valence-corrected chi connectivity index (χ2v) is 14.0. The topological polar surface area (TPSA) is 66.8 Å². The maximum Gasteiger partial charge on any atom is 0.339 e. The van der Waals surface area contributed by atoms with Crippen molar-refractivity contribution in [1.29, 1.82) is 0 Å². The fourth-order valence-electron chi connectivity index (χ4n) is 3.11. The van der Waals surface area contributed by atoms with E-state index < -0.39 is 14.3 Å². The molecule has 0 saturated heterocycles. The van der Waals surface area contributed by atoms with Crippen molar-refractivity contribution in [3.8, 4) is 11.4 Å². The van der Waals surface area contributed by atoms with Gasteiger partial charge in [0.15, 0.2) is 8.32 Å². The van der Waals surface area contributed by atoms with Gasteiger partial charge in [-0.25, -0.2) is 4.79 Å². The van der Waals surface area contributed by atoms with E-state index in [9.17, 15) is 9.59 Å². The first-order valence-corrected chi connectivity index (χ1v) is 13.5. The van der Waals surface area contributed by atoms with Crippen LogP contribution in [0.2, 0.25) is 18.1 Å². The minimum Gasteiger partial charge on any atom is -0.497 e. The van der Waals surface area contributed by atoms with E-state index in [-0.39, 0.29) is 10.6 Å². The van der Waals surface area contributed by atoms with Crippen LogP contribution in [0.25, 0.3) is 5.69 Å². The highest BCUT2D eigenvalue weighted by Crippen LogP contribution is 2.36. The first-order valence-electron chi connectivity index (χ1n) is 10.5. The van der Waals surface area contributed by atoms with Crippen LogP contribution in [0.5, 0.6) is 5.75 Å². The average molecular weight is 446 g/mol. The Morgan fingerprint density at radius 1 is 1.10 bits per heavy atom. The van der Waals surface area contributed by atoms with Crippen LogP contribution in [0, 0.1) is 6.92 Å². The van der Waals surface area contributed by atoms with Crippen molar-refractivity contribution in [2.75, 3.05) is 20.8 Å². The lowest BCUT2D eigenvalue weighted by molar-refractivity contribution is 0.0598. The maximum absolute atomic E-state index is 13.1. The van der Waals surface area contributed by atoms with Gasteiger partial charge in [-0.1, -0.05) is 20.8 Å². The second-order valence-electron chi connectivity index (χ2n) is 9.22. The molecule has 7 heteroatoms. The van der Waals surface area contributed by atoms with Crippen molar-refractivity contribution in [3.05, 3.63) is 57.5 Å². The number of carbonyl (C=O) groups is 1. The Kier molecular flexibility index (Phi) is 7.89. The molecule has 0 atom stereocenters. The van der Waals surface area contributed by atoms with Crippen molar-refractivity contribution < 1.29 is 18.7 Å². The molecule has 2 rings (SSSR count). The summed E-state index contributed by atoms with van der Waals surface area (Å²) in [5.41, 5.74) is 2.18. The van der Waals surface area contributed by atoms with E-state index in [4.69, 9.17) is 13.9 Å². The monoisotopic (exact) mass is 445 g/mol. The van der Waals surface area contributed by atoms with Crippen LogP contribution in [0.4, 0.5) is 0 Å². The predicted octanol–water partition coefficient (Wildman–Crippen LogP) is 4.90. The quantitative estimate of drug-likeness (QED) is 0.329. The molecular weight excluding hydrogens is 410 g/mol. The van der Waals surface area contributed by atoms with Crippen molar-refractivity contribution in [2.45, 2.75) is 58.7 Å². The molecule has 0 saturated carbocycles. The third kappa shape index (κ3) is 5.65. The number of ether oxygens (including phenoxy) is 2. The third-order valence-corrected chi connectivity index (χ3v) is 10.7. The Morgan fingerprint density at radius 3 is 2.23 bits per heavy atom. The van der Waals surface area contributed by atoms with Gasteiger partial charge in [0, 0.05) is 24.1 Å². The minimum atomic E-state index is -1.84. The van der Waals surface area contributed by atoms with Crippen molar-refractivity contribution >= 4 is 14.3 Å². The molecule has 0 bridgehead atoms. The highest BCUT2D eigenvalue weighted by atomic mass is 28.4. The highest BCUT2D eigenvalue weighted by molar-refractivity contribution is 6.74. The molecule has 2 aromatic rings. The Bertz CT molecular complexity index is 971. The standard InChI is InChI=1S/C24H35NO5Si/c1-17-20(10-9-15-30-31(7,8)24(2,3)4)21(23(27)29-6)16-25(22(17)26)18-11-13-19(28-5)14-12-18/h11-14,16H,9-10,15H2,1-8H3. The van der Waals surface area contributed by atoms with Gasteiger partial charge in [-0.15, -0.1) is 0 Å². The van der Waals surface area contributed by atoms with E-state index in [1.165, 1.54) is 11.7 Å². The Labute approximate surface area is 186 Å². The summed E-state index contributed by atoms with van der Waals surface area (Å²) in [6.45, 7) is 13.4. The lowest BCUT2D eigenvalue weighted by atomic mass is 10.00. The fraction of sp³-hybridized carbons (Fsp3) is 0.500. The van der Waals surface area contributed by atoms with Gasteiger partial charge in [-0.2, -0.15) is 0 Å². The average Bonchev–Trinajstić information content (AvgIpc) is 2.72. The first-order chi connectivity index (χ1) is 14.4. The Morgan fingerprint density at radius 2 is 1.71 bits per heavy atom. The predicted molar refractivity (Wildman–Crippen MR) is 126 cm³/mol. The van der Waals surface area contributed by atoms with Crippen LogP contribution < -0.4 is 10.3 Å². The molecule has 1 heterocycles. The number of benzene rings is 1. The molecular formula is C24H35NO5Si. The molecule has 170 valence electrons. The van der Waals surface area contributed by atoms with Crippen LogP contribution in [-0.2, 0) is 15.6 Å². The first kappa shape index (κ1) is 24.9. The summed E-state index contributed by atoms with van der Waals surface area (Å²) in [5.74, 6) is 0.241. The number of methoxy groups -OCH3 is 2. The Balaban J connectivity index is 2.34. The molecule has 0 aliphatic heterocycles. The zero-order valence-corrected chi connectivity index (χ0v) is 21.0. The van der Waals surface area contributed by atoms with Gasteiger partial charge in [0.2, 0.25) is 0 Å². The fourth-order valence-corrected chi connectivity index (χ4v) is 4.20. The molecule has 0 aliphatic rings. The normalized spacial score (nSPS) is 12.0. The number of hydrogen-bond acceptors (Lipinski definition) is 5. The summed E-state index contributed by atoms with van der Waals surface area (Å²) in [5, 5.41) is 0.138. The zero-order valence-electron chi connectivity index (χ0n) is 20.0. The van der Waals surface area contributed by atoms with Crippen LogP contribution in [0.15, 0.2) is 35.3 Å². The number of esters is 1. The molecule has 1 aromatic heterocycles. The summed E-state index contributed by atoms with van der Waals surface area (Å²) in [6, 6.07) is 7.13. The molecule has 0 unspecified atom stereocenters. The van der Waals surface area contributed by atoms with Crippen molar-refractivity contribution in [1.82, 2.24) is 4.57 Å². The maximum atomic E-state index is 13.1. The largest absolute Gasteiger partial charge is 0.497 e. The lowest BCUT2D eigenvalue weighted by Crippen LogP contribution is -2.41. The smallest absolute Gasteiger partial charge is 0.339 e. The number of carbonyl (C=O) groups excluding carboxylic acids is 1. The number of nitrogens with zero attached hydrogens (tertiary/aromatic N) is 1. The Hall–Kier alpha value is -2.38. The van der Waals surface area contributed by atoms with E-state index in [1.54, 1.807) is 44.5 Å². The number of hydrogen-bond donors (Lipinski definition) is 0. The lowest BCUT2D eigenvalue weighted by Gasteiger charge is -2.36. The van der Waals surface area contributed by atoms with Gasteiger partial charge in [-0.3, -0.25) is 9.36 Å². The summed E-state index contributed by atoms with van der Waals surface area (Å²) < 4.78 is 17.9. The van der Waals surface area contributed by atoms with Crippen LogP contribution in [-0.4, -0.2) is 39.7 Å². The molecule has 31 heavy (non-hydrogen) atoms. The van der Waals surface area contributed by atoms with E-state index in [0.717, 1.165) is 12.0 Å². The molecule has 0 amide bonds. The van der Waals surface area contributed by atoms with E-state index >= 15 is 0 Å². The molecule has 6 nitrogen and oxygen atoms in total. The second kappa shape index (κ2) is 9.83. The van der Waals surface area contributed by atoms with Gasteiger partial charge in [0.05, 0.1) is 19.8 Å². The summed E-state index contributed by atoms with van der Waals surface area (Å²) in [4.78, 5) is 25.6. The number of aromatic nitrogens is 1. The summed E-state index contributed by atoms with van der Waals surface area (Å²) in [7, 11) is 1.10. The van der Waals surface area contributed by atoms with Gasteiger partial charge in [0.25, 0.3) is 5.56 Å². The molecule has 0 radical (unpaired) electrons. The van der Waals surface area contributed by atoms with Crippen molar-refractivity contribution in [3.63, 3.8) is 0 Å². The number of rotatable bonds is 8. The minimum absolute atomic E-state index is 0.138.